The van der Waals surface area contributed by atoms with E-state index in [4.69, 9.17) is 0 Å². The lowest BCUT2D eigenvalue weighted by Gasteiger charge is -2.44. The quantitative estimate of drug-likeness (QED) is 0.883. The predicted octanol–water partition coefficient (Wildman–Crippen LogP) is 2.95. The Morgan fingerprint density at radius 1 is 1.37 bits per heavy atom. The number of aryl methyl sites for hydroxylation is 1. The maximum absolute atomic E-state index is 13.2. The van der Waals surface area contributed by atoms with Crippen molar-refractivity contribution in [2.45, 2.75) is 40.3 Å². The summed E-state index contributed by atoms with van der Waals surface area (Å²) in [5, 5.41) is 3.48. The van der Waals surface area contributed by atoms with Gasteiger partial charge in [0.25, 0.3) is 0 Å². The van der Waals surface area contributed by atoms with Crippen molar-refractivity contribution in [2.75, 3.05) is 19.6 Å². The van der Waals surface area contributed by atoms with Gasteiger partial charge in [-0.25, -0.2) is 4.39 Å². The van der Waals surface area contributed by atoms with Gasteiger partial charge in [-0.3, -0.25) is 4.90 Å². The summed E-state index contributed by atoms with van der Waals surface area (Å²) in [5.74, 6) is -0.145. The number of halogens is 1. The van der Waals surface area contributed by atoms with Gasteiger partial charge in [0.15, 0.2) is 0 Å². The molecule has 1 unspecified atom stereocenters. The highest BCUT2D eigenvalue weighted by molar-refractivity contribution is 5.26. The molecule has 2 nitrogen and oxygen atoms in total. The van der Waals surface area contributed by atoms with Crippen molar-refractivity contribution in [3.63, 3.8) is 0 Å². The normalized spacial score (nSPS) is 21.6. The van der Waals surface area contributed by atoms with E-state index in [0.717, 1.165) is 31.7 Å². The van der Waals surface area contributed by atoms with Gasteiger partial charge in [-0.2, -0.15) is 0 Å². The molecule has 1 fully saturated rings. The second-order valence-corrected chi connectivity index (χ2v) is 6.63. The van der Waals surface area contributed by atoms with Crippen molar-refractivity contribution >= 4 is 0 Å². The summed E-state index contributed by atoms with van der Waals surface area (Å²) in [6.07, 6.45) is 0. The molecule has 1 saturated heterocycles. The van der Waals surface area contributed by atoms with E-state index in [1.165, 1.54) is 5.56 Å². The van der Waals surface area contributed by atoms with E-state index >= 15 is 0 Å². The van der Waals surface area contributed by atoms with Crippen LogP contribution in [0.5, 0.6) is 0 Å². The number of rotatable bonds is 2. The lowest BCUT2D eigenvalue weighted by atomic mass is 9.84. The third-order valence-corrected chi connectivity index (χ3v) is 4.03. The van der Waals surface area contributed by atoms with Crippen LogP contribution >= 0.6 is 0 Å². The van der Waals surface area contributed by atoms with Crippen molar-refractivity contribution in [1.82, 2.24) is 10.2 Å². The smallest absolute Gasteiger partial charge is 0.123 e. The average Bonchev–Trinajstić information content (AvgIpc) is 2.32. The molecule has 0 saturated carbocycles. The van der Waals surface area contributed by atoms with Crippen molar-refractivity contribution in [3.8, 4) is 0 Å². The molecule has 3 heteroatoms. The van der Waals surface area contributed by atoms with Crippen molar-refractivity contribution in [1.29, 1.82) is 0 Å². The van der Waals surface area contributed by atoms with Crippen LogP contribution in [-0.4, -0.2) is 30.6 Å². The Morgan fingerprint density at radius 3 is 2.74 bits per heavy atom. The number of benzene rings is 1. The zero-order valence-electron chi connectivity index (χ0n) is 12.5. The number of hydrogen-bond donors (Lipinski definition) is 1. The van der Waals surface area contributed by atoms with Gasteiger partial charge in [0.05, 0.1) is 0 Å². The van der Waals surface area contributed by atoms with Gasteiger partial charge in [-0.15, -0.1) is 0 Å². The molecule has 0 aromatic heterocycles. The van der Waals surface area contributed by atoms with Crippen LogP contribution in [-0.2, 0) is 6.54 Å². The number of nitrogens with zero attached hydrogens (tertiary/aromatic N) is 1. The first-order valence-corrected chi connectivity index (χ1v) is 7.08. The Morgan fingerprint density at radius 2 is 2.11 bits per heavy atom. The molecule has 19 heavy (non-hydrogen) atoms. The zero-order chi connectivity index (χ0) is 14.0. The molecule has 1 heterocycles. The molecule has 0 bridgehead atoms. The molecule has 2 rings (SSSR count). The molecular formula is C16H25FN2. The van der Waals surface area contributed by atoms with Gasteiger partial charge in [-0.1, -0.05) is 26.8 Å². The lowest BCUT2D eigenvalue weighted by molar-refractivity contribution is 0.0687. The fourth-order valence-corrected chi connectivity index (χ4v) is 2.85. The summed E-state index contributed by atoms with van der Waals surface area (Å²) in [6, 6.07) is 5.64. The zero-order valence-corrected chi connectivity index (χ0v) is 12.5. The Kier molecular flexibility index (Phi) is 4.26. The van der Waals surface area contributed by atoms with Gasteiger partial charge < -0.3 is 5.32 Å². The molecule has 0 radical (unpaired) electrons. The molecule has 1 aliphatic rings. The van der Waals surface area contributed by atoms with E-state index in [9.17, 15) is 4.39 Å². The van der Waals surface area contributed by atoms with Crippen LogP contribution in [0.2, 0.25) is 0 Å². The van der Waals surface area contributed by atoms with Gasteiger partial charge in [0.1, 0.15) is 5.82 Å². The lowest BCUT2D eigenvalue weighted by Crippen LogP contribution is -2.56. The number of piperazine rings is 1. The van der Waals surface area contributed by atoms with Crippen LogP contribution in [0.1, 0.15) is 31.9 Å². The molecule has 0 aliphatic carbocycles. The van der Waals surface area contributed by atoms with E-state index in [2.05, 4.69) is 31.0 Å². The highest BCUT2D eigenvalue weighted by Gasteiger charge is 2.32. The van der Waals surface area contributed by atoms with Gasteiger partial charge >= 0.3 is 0 Å². The van der Waals surface area contributed by atoms with Crippen LogP contribution in [0.4, 0.5) is 4.39 Å². The Balaban J connectivity index is 2.15. The fourth-order valence-electron chi connectivity index (χ4n) is 2.85. The molecule has 1 aliphatic heterocycles. The minimum Gasteiger partial charge on any atom is -0.314 e. The van der Waals surface area contributed by atoms with Crippen LogP contribution in [0, 0.1) is 18.2 Å². The Bertz CT molecular complexity index is 437. The third-order valence-electron chi connectivity index (χ3n) is 4.03. The van der Waals surface area contributed by atoms with Crippen LogP contribution in [0.15, 0.2) is 18.2 Å². The number of hydrogen-bond acceptors (Lipinski definition) is 2. The average molecular weight is 264 g/mol. The summed E-state index contributed by atoms with van der Waals surface area (Å²) < 4.78 is 13.2. The Labute approximate surface area is 116 Å². The number of nitrogens with one attached hydrogen (secondary N) is 1. The first kappa shape index (κ1) is 14.5. The van der Waals surface area contributed by atoms with Gasteiger partial charge in [-0.05, 0) is 35.6 Å². The van der Waals surface area contributed by atoms with Crippen molar-refractivity contribution < 1.29 is 4.39 Å². The molecule has 1 N–H and O–H groups in total. The summed E-state index contributed by atoms with van der Waals surface area (Å²) in [4.78, 5) is 2.52. The SMILES string of the molecule is Cc1cc(F)ccc1CN1CCNCC1C(C)(C)C. The largest absolute Gasteiger partial charge is 0.314 e. The highest BCUT2D eigenvalue weighted by Crippen LogP contribution is 2.27. The molecule has 106 valence electrons. The first-order chi connectivity index (χ1) is 8.88. The van der Waals surface area contributed by atoms with Crippen LogP contribution in [0.25, 0.3) is 0 Å². The minimum atomic E-state index is -0.145. The van der Waals surface area contributed by atoms with Gasteiger partial charge in [0, 0.05) is 32.2 Å². The monoisotopic (exact) mass is 264 g/mol. The second-order valence-electron chi connectivity index (χ2n) is 6.63. The molecule has 1 aromatic carbocycles. The maximum atomic E-state index is 13.2. The molecule has 1 atom stereocenters. The summed E-state index contributed by atoms with van der Waals surface area (Å²) >= 11 is 0. The highest BCUT2D eigenvalue weighted by atomic mass is 19.1. The van der Waals surface area contributed by atoms with Crippen LogP contribution < -0.4 is 5.32 Å². The topological polar surface area (TPSA) is 15.3 Å². The van der Waals surface area contributed by atoms with Crippen LogP contribution in [0.3, 0.4) is 0 Å². The van der Waals surface area contributed by atoms with Gasteiger partial charge in [0.2, 0.25) is 0 Å². The first-order valence-electron chi connectivity index (χ1n) is 7.08. The van der Waals surface area contributed by atoms with E-state index in [0.29, 0.717) is 6.04 Å². The van der Waals surface area contributed by atoms with E-state index in [1.54, 1.807) is 12.1 Å². The second kappa shape index (κ2) is 5.59. The van der Waals surface area contributed by atoms with E-state index < -0.39 is 0 Å². The fraction of sp³-hybridized carbons (Fsp3) is 0.625. The standard InChI is InChI=1S/C16H25FN2/c1-12-9-14(17)6-5-13(12)11-19-8-7-18-10-15(19)16(2,3)4/h5-6,9,15,18H,7-8,10-11H2,1-4H3. The van der Waals surface area contributed by atoms with E-state index in [1.807, 2.05) is 13.0 Å². The maximum Gasteiger partial charge on any atom is 0.123 e. The minimum absolute atomic E-state index is 0.145. The summed E-state index contributed by atoms with van der Waals surface area (Å²) in [6.45, 7) is 12.9. The predicted molar refractivity (Wildman–Crippen MR) is 77.7 cm³/mol. The molecule has 0 spiro atoms. The molecular weight excluding hydrogens is 239 g/mol. The molecule has 1 aromatic rings. The molecule has 0 amide bonds. The summed E-state index contributed by atoms with van der Waals surface area (Å²) in [5.41, 5.74) is 2.53. The van der Waals surface area contributed by atoms with Crippen molar-refractivity contribution in [2.24, 2.45) is 5.41 Å². The Hall–Kier alpha value is -0.930. The summed E-state index contributed by atoms with van der Waals surface area (Å²) in [7, 11) is 0. The third kappa shape index (κ3) is 3.54. The van der Waals surface area contributed by atoms with E-state index in [-0.39, 0.29) is 11.2 Å². The van der Waals surface area contributed by atoms with Crippen molar-refractivity contribution in [3.05, 3.63) is 35.1 Å².